The second kappa shape index (κ2) is 5.30. The third-order valence-corrected chi connectivity index (χ3v) is 4.91. The molecular weight excluding hydrogens is 317 g/mol. The second-order valence-corrected chi connectivity index (χ2v) is 6.43. The molecule has 3 heteroatoms. The molecule has 0 saturated carbocycles. The van der Waals surface area contributed by atoms with Crippen LogP contribution < -0.4 is 5.73 Å². The SMILES string of the molecule is NC1(Cc2cc(F)ccc2Br)CCCc2ccccc21. The summed E-state index contributed by atoms with van der Waals surface area (Å²) in [5.41, 5.74) is 9.75. The summed E-state index contributed by atoms with van der Waals surface area (Å²) in [6, 6.07) is 13.2. The standard InChI is InChI=1S/C17H17BrFN/c18-16-8-7-14(19)10-13(16)11-17(20)9-3-5-12-4-1-2-6-15(12)17/h1-2,4,6-8,10H,3,5,9,11,20H2. The van der Waals surface area contributed by atoms with Crippen LogP contribution in [0.25, 0.3) is 0 Å². The van der Waals surface area contributed by atoms with Gasteiger partial charge in [-0.25, -0.2) is 4.39 Å². The molecule has 0 aliphatic heterocycles. The Hall–Kier alpha value is -1.19. The molecule has 3 rings (SSSR count). The molecule has 2 N–H and O–H groups in total. The van der Waals surface area contributed by atoms with Crippen molar-refractivity contribution in [2.45, 2.75) is 31.2 Å². The van der Waals surface area contributed by atoms with Gasteiger partial charge >= 0.3 is 0 Å². The van der Waals surface area contributed by atoms with Crippen molar-refractivity contribution < 1.29 is 4.39 Å². The highest BCUT2D eigenvalue weighted by molar-refractivity contribution is 9.10. The Kier molecular flexibility index (Phi) is 3.65. The minimum atomic E-state index is -0.398. The lowest BCUT2D eigenvalue weighted by Crippen LogP contribution is -2.42. The average molecular weight is 334 g/mol. The molecule has 0 heterocycles. The van der Waals surface area contributed by atoms with Crippen LogP contribution in [0, 0.1) is 5.82 Å². The minimum absolute atomic E-state index is 0.212. The zero-order chi connectivity index (χ0) is 14.2. The number of fused-ring (bicyclic) bond motifs is 1. The first-order valence-electron chi connectivity index (χ1n) is 6.90. The lowest BCUT2D eigenvalue weighted by molar-refractivity contribution is 0.368. The lowest BCUT2D eigenvalue weighted by Gasteiger charge is -2.36. The van der Waals surface area contributed by atoms with E-state index in [1.54, 1.807) is 12.1 Å². The molecule has 0 amide bonds. The maximum Gasteiger partial charge on any atom is 0.123 e. The summed E-state index contributed by atoms with van der Waals surface area (Å²) < 4.78 is 14.4. The van der Waals surface area contributed by atoms with Gasteiger partial charge in [-0.1, -0.05) is 40.2 Å². The first kappa shape index (κ1) is 13.8. The number of hydrogen-bond acceptors (Lipinski definition) is 1. The van der Waals surface area contributed by atoms with Gasteiger partial charge in [-0.3, -0.25) is 0 Å². The zero-order valence-corrected chi connectivity index (χ0v) is 12.8. The van der Waals surface area contributed by atoms with Gasteiger partial charge in [-0.05, 0) is 60.6 Å². The van der Waals surface area contributed by atoms with E-state index in [9.17, 15) is 4.39 Å². The molecule has 20 heavy (non-hydrogen) atoms. The van der Waals surface area contributed by atoms with E-state index in [1.807, 2.05) is 6.07 Å². The monoisotopic (exact) mass is 333 g/mol. The zero-order valence-electron chi connectivity index (χ0n) is 11.2. The Morgan fingerprint density at radius 2 is 2.00 bits per heavy atom. The second-order valence-electron chi connectivity index (χ2n) is 5.58. The normalized spacial score (nSPS) is 21.6. The van der Waals surface area contributed by atoms with Gasteiger partial charge in [-0.2, -0.15) is 0 Å². The molecule has 2 aromatic rings. The van der Waals surface area contributed by atoms with Crippen LogP contribution in [0.2, 0.25) is 0 Å². The Labute approximate surface area is 127 Å². The Bertz CT molecular complexity index is 641. The van der Waals surface area contributed by atoms with Crippen molar-refractivity contribution in [2.24, 2.45) is 5.73 Å². The molecule has 1 aliphatic rings. The van der Waals surface area contributed by atoms with Crippen LogP contribution in [0.5, 0.6) is 0 Å². The smallest absolute Gasteiger partial charge is 0.123 e. The van der Waals surface area contributed by atoms with E-state index in [0.717, 1.165) is 29.3 Å². The van der Waals surface area contributed by atoms with Gasteiger partial charge in [0.05, 0.1) is 0 Å². The fourth-order valence-electron chi connectivity index (χ4n) is 3.16. The predicted octanol–water partition coefficient (Wildman–Crippen LogP) is 4.32. The van der Waals surface area contributed by atoms with Crippen molar-refractivity contribution in [1.29, 1.82) is 0 Å². The molecule has 0 saturated heterocycles. The van der Waals surface area contributed by atoms with Crippen LogP contribution in [-0.2, 0) is 18.4 Å². The molecule has 1 aliphatic carbocycles. The molecule has 104 valence electrons. The van der Waals surface area contributed by atoms with Crippen molar-refractivity contribution in [1.82, 2.24) is 0 Å². The quantitative estimate of drug-likeness (QED) is 0.870. The highest BCUT2D eigenvalue weighted by Gasteiger charge is 2.33. The minimum Gasteiger partial charge on any atom is -0.321 e. The van der Waals surface area contributed by atoms with Crippen molar-refractivity contribution in [3.8, 4) is 0 Å². The van der Waals surface area contributed by atoms with E-state index >= 15 is 0 Å². The number of hydrogen-bond donors (Lipinski definition) is 1. The first-order chi connectivity index (χ1) is 9.58. The summed E-state index contributed by atoms with van der Waals surface area (Å²) >= 11 is 3.50. The highest BCUT2D eigenvalue weighted by atomic mass is 79.9. The highest BCUT2D eigenvalue weighted by Crippen LogP contribution is 2.37. The molecule has 1 unspecified atom stereocenters. The Balaban J connectivity index is 2.00. The van der Waals surface area contributed by atoms with E-state index < -0.39 is 5.54 Å². The van der Waals surface area contributed by atoms with Gasteiger partial charge in [0.25, 0.3) is 0 Å². The molecule has 0 radical (unpaired) electrons. The molecular formula is C17H17BrFN. The van der Waals surface area contributed by atoms with Crippen molar-refractivity contribution in [3.63, 3.8) is 0 Å². The number of halogens is 2. The molecule has 2 aromatic carbocycles. The summed E-state index contributed by atoms with van der Waals surface area (Å²) in [4.78, 5) is 0. The van der Waals surface area contributed by atoms with Crippen molar-refractivity contribution >= 4 is 15.9 Å². The largest absolute Gasteiger partial charge is 0.321 e. The maximum atomic E-state index is 13.5. The average Bonchev–Trinajstić information content (AvgIpc) is 2.43. The Morgan fingerprint density at radius 1 is 1.20 bits per heavy atom. The van der Waals surface area contributed by atoms with Crippen LogP contribution in [0.3, 0.4) is 0 Å². The van der Waals surface area contributed by atoms with Crippen LogP contribution in [0.4, 0.5) is 4.39 Å². The number of nitrogens with two attached hydrogens (primary N) is 1. The van der Waals surface area contributed by atoms with Gasteiger partial charge in [0.1, 0.15) is 5.82 Å². The third-order valence-electron chi connectivity index (χ3n) is 4.14. The van der Waals surface area contributed by atoms with Gasteiger partial charge < -0.3 is 5.73 Å². The van der Waals surface area contributed by atoms with Crippen LogP contribution >= 0.6 is 15.9 Å². The predicted molar refractivity (Wildman–Crippen MR) is 83.0 cm³/mol. The van der Waals surface area contributed by atoms with E-state index in [4.69, 9.17) is 5.73 Å². The molecule has 0 spiro atoms. The topological polar surface area (TPSA) is 26.0 Å². The first-order valence-corrected chi connectivity index (χ1v) is 7.69. The van der Waals surface area contributed by atoms with Gasteiger partial charge in [0.15, 0.2) is 0 Å². The van der Waals surface area contributed by atoms with Crippen LogP contribution in [-0.4, -0.2) is 0 Å². The van der Waals surface area contributed by atoms with Crippen molar-refractivity contribution in [3.05, 3.63) is 69.4 Å². The van der Waals surface area contributed by atoms with Gasteiger partial charge in [-0.15, -0.1) is 0 Å². The Morgan fingerprint density at radius 3 is 2.85 bits per heavy atom. The fraction of sp³-hybridized carbons (Fsp3) is 0.294. The van der Waals surface area contributed by atoms with Crippen molar-refractivity contribution in [2.75, 3.05) is 0 Å². The van der Waals surface area contributed by atoms with E-state index in [0.29, 0.717) is 6.42 Å². The third kappa shape index (κ3) is 2.52. The maximum absolute atomic E-state index is 13.5. The summed E-state index contributed by atoms with van der Waals surface area (Å²) in [7, 11) is 0. The van der Waals surface area contributed by atoms with Crippen LogP contribution in [0.15, 0.2) is 46.9 Å². The number of rotatable bonds is 2. The summed E-state index contributed by atoms with van der Waals surface area (Å²) in [5, 5.41) is 0. The van der Waals surface area contributed by atoms with E-state index in [2.05, 4.69) is 34.1 Å². The van der Waals surface area contributed by atoms with E-state index in [-0.39, 0.29) is 5.82 Å². The molecule has 0 bridgehead atoms. The molecule has 1 nitrogen and oxygen atoms in total. The van der Waals surface area contributed by atoms with Crippen LogP contribution in [0.1, 0.15) is 29.5 Å². The molecule has 0 fully saturated rings. The summed E-state index contributed by atoms with van der Waals surface area (Å²) in [5.74, 6) is -0.212. The number of aryl methyl sites for hydroxylation is 1. The lowest BCUT2D eigenvalue weighted by atomic mass is 9.74. The fourth-order valence-corrected chi connectivity index (χ4v) is 3.54. The van der Waals surface area contributed by atoms with Gasteiger partial charge in [0, 0.05) is 10.0 Å². The summed E-state index contributed by atoms with van der Waals surface area (Å²) in [6.45, 7) is 0. The molecule has 0 aromatic heterocycles. The molecule has 1 atom stereocenters. The van der Waals surface area contributed by atoms with Gasteiger partial charge in [0.2, 0.25) is 0 Å². The van der Waals surface area contributed by atoms with E-state index in [1.165, 1.54) is 17.2 Å². The number of benzene rings is 2. The summed E-state index contributed by atoms with van der Waals surface area (Å²) in [6.07, 6.45) is 3.76.